The molecule has 0 bridgehead atoms. The fraction of sp³-hybridized carbons (Fsp3) is 0.519. The molecular weight excluding hydrogens is 581 g/mol. The zero-order chi connectivity index (χ0) is 31.5. The number of anilines is 1. The fourth-order valence-corrected chi connectivity index (χ4v) is 4.36. The van der Waals surface area contributed by atoms with Gasteiger partial charge in [0.25, 0.3) is 5.95 Å². The van der Waals surface area contributed by atoms with Gasteiger partial charge >= 0.3 is 18.5 Å². The van der Waals surface area contributed by atoms with Crippen LogP contribution in [0.15, 0.2) is 30.3 Å². The average Bonchev–Trinajstić information content (AvgIpc) is 3.31. The number of alkyl halides is 9. The lowest BCUT2D eigenvalue weighted by atomic mass is 10.0. The van der Waals surface area contributed by atoms with E-state index in [0.29, 0.717) is 25.0 Å². The third-order valence-electron chi connectivity index (χ3n) is 6.50. The van der Waals surface area contributed by atoms with Gasteiger partial charge in [-0.1, -0.05) is 31.8 Å². The predicted octanol–water partition coefficient (Wildman–Crippen LogP) is 8.13. The van der Waals surface area contributed by atoms with E-state index in [1.54, 1.807) is 0 Å². The number of rotatable bonds is 11. The zero-order valence-corrected chi connectivity index (χ0v) is 23.3. The molecule has 0 aliphatic carbocycles. The maximum atomic E-state index is 13.9. The number of halogens is 9. The van der Waals surface area contributed by atoms with Crippen LogP contribution in [0.5, 0.6) is 5.75 Å². The van der Waals surface area contributed by atoms with Gasteiger partial charge in [0, 0.05) is 18.7 Å². The molecule has 1 heterocycles. The van der Waals surface area contributed by atoms with Gasteiger partial charge in [-0.05, 0) is 66.4 Å². The van der Waals surface area contributed by atoms with E-state index in [2.05, 4.69) is 15.4 Å². The lowest BCUT2D eigenvalue weighted by Crippen LogP contribution is -2.26. The maximum Gasteiger partial charge on any atom is 0.416 e. The van der Waals surface area contributed by atoms with Crippen molar-refractivity contribution in [3.8, 4) is 5.75 Å². The molecule has 1 aromatic heterocycles. The highest BCUT2D eigenvalue weighted by atomic mass is 19.4. The molecule has 3 rings (SSSR count). The fourth-order valence-electron chi connectivity index (χ4n) is 4.36. The molecule has 0 N–H and O–H groups in total. The maximum absolute atomic E-state index is 13.9. The third-order valence-corrected chi connectivity index (χ3v) is 6.50. The van der Waals surface area contributed by atoms with Crippen LogP contribution < -0.4 is 9.64 Å². The molecule has 0 aliphatic rings. The molecule has 6 nitrogen and oxygen atoms in total. The van der Waals surface area contributed by atoms with Crippen LogP contribution in [0.3, 0.4) is 0 Å². The number of hydrogen-bond acceptors (Lipinski definition) is 5. The summed E-state index contributed by atoms with van der Waals surface area (Å²) < 4.78 is 129. The second kappa shape index (κ2) is 12.8. The predicted molar refractivity (Wildman–Crippen MR) is 136 cm³/mol. The molecule has 0 saturated carbocycles. The first-order valence-electron chi connectivity index (χ1n) is 13.1. The first-order valence-corrected chi connectivity index (χ1v) is 13.1. The number of benzene rings is 2. The number of unbranched alkanes of at least 4 members (excludes halogenated alkanes) is 1. The van der Waals surface area contributed by atoms with Crippen molar-refractivity contribution in [1.82, 2.24) is 20.2 Å². The van der Waals surface area contributed by atoms with Crippen molar-refractivity contribution in [3.63, 3.8) is 0 Å². The standard InChI is InChI=1S/C27H30F9N5O/c1-5-7-8-21(6-2)42-23-9-16(3)22(27(34,35)36)12-18(23)15-41(24-37-39-40(4)38-24)14-17-10-19(25(28,29)30)13-20(11-17)26(31,32)33/h9-13,21H,5-8,14-15H2,1-4H3. The van der Waals surface area contributed by atoms with Crippen LogP contribution in [0.25, 0.3) is 0 Å². The lowest BCUT2D eigenvalue weighted by Gasteiger charge is -2.26. The van der Waals surface area contributed by atoms with Crippen molar-refractivity contribution in [1.29, 1.82) is 0 Å². The summed E-state index contributed by atoms with van der Waals surface area (Å²) in [7, 11) is 1.38. The second-order valence-corrected chi connectivity index (χ2v) is 9.91. The summed E-state index contributed by atoms with van der Waals surface area (Å²) in [5, 5.41) is 11.5. The highest BCUT2D eigenvalue weighted by molar-refractivity contribution is 5.46. The molecule has 0 radical (unpaired) electrons. The second-order valence-electron chi connectivity index (χ2n) is 9.91. The van der Waals surface area contributed by atoms with Crippen LogP contribution >= 0.6 is 0 Å². The molecule has 0 aliphatic heterocycles. The van der Waals surface area contributed by atoms with Crippen molar-refractivity contribution < 1.29 is 44.3 Å². The Bertz CT molecular complexity index is 1320. The molecule has 3 aromatic rings. The van der Waals surface area contributed by atoms with Gasteiger partial charge in [0.05, 0.1) is 29.8 Å². The van der Waals surface area contributed by atoms with Crippen molar-refractivity contribution in [2.24, 2.45) is 7.05 Å². The molecule has 1 atom stereocenters. The normalized spacial score (nSPS) is 13.4. The number of hydrogen-bond donors (Lipinski definition) is 0. The summed E-state index contributed by atoms with van der Waals surface area (Å²) in [4.78, 5) is 2.15. The number of tetrazole rings is 1. The van der Waals surface area contributed by atoms with Gasteiger partial charge in [0.15, 0.2) is 0 Å². The first kappa shape index (κ1) is 33.0. The Morgan fingerprint density at radius 2 is 1.48 bits per heavy atom. The summed E-state index contributed by atoms with van der Waals surface area (Å²) in [6.07, 6.45) is -12.4. The molecule has 0 fully saturated rings. The number of aryl methyl sites for hydroxylation is 2. The van der Waals surface area contributed by atoms with Crippen LogP contribution in [0.1, 0.15) is 72.9 Å². The smallest absolute Gasteiger partial charge is 0.416 e. The Kier molecular flexibility index (Phi) is 10.0. The van der Waals surface area contributed by atoms with E-state index in [9.17, 15) is 39.5 Å². The highest BCUT2D eigenvalue weighted by Crippen LogP contribution is 2.39. The van der Waals surface area contributed by atoms with Crippen LogP contribution in [-0.2, 0) is 38.7 Å². The molecular formula is C27H30F9N5O. The number of ether oxygens (including phenoxy) is 1. The molecule has 15 heteroatoms. The Labute approximate surface area is 236 Å². The number of nitrogens with zero attached hydrogens (tertiary/aromatic N) is 5. The molecule has 0 saturated heterocycles. The lowest BCUT2D eigenvalue weighted by molar-refractivity contribution is -0.143. The van der Waals surface area contributed by atoms with Crippen LogP contribution in [0.4, 0.5) is 45.5 Å². The number of aromatic nitrogens is 4. The molecule has 42 heavy (non-hydrogen) atoms. The minimum atomic E-state index is -5.08. The van der Waals surface area contributed by atoms with Crippen LogP contribution in [-0.4, -0.2) is 26.3 Å². The van der Waals surface area contributed by atoms with Gasteiger partial charge in [-0.3, -0.25) is 0 Å². The summed E-state index contributed by atoms with van der Waals surface area (Å²) in [6.45, 7) is 4.06. The van der Waals surface area contributed by atoms with Gasteiger partial charge in [-0.25, -0.2) is 0 Å². The van der Waals surface area contributed by atoms with E-state index in [-0.39, 0.29) is 35.0 Å². The summed E-state index contributed by atoms with van der Waals surface area (Å²) in [5.41, 5.74) is -4.54. The minimum absolute atomic E-state index is 0.00153. The van der Waals surface area contributed by atoms with Gasteiger partial charge < -0.3 is 9.64 Å². The Morgan fingerprint density at radius 3 is 1.95 bits per heavy atom. The minimum Gasteiger partial charge on any atom is -0.490 e. The van der Waals surface area contributed by atoms with Gasteiger partial charge in [0.1, 0.15) is 5.75 Å². The monoisotopic (exact) mass is 611 g/mol. The summed E-state index contributed by atoms with van der Waals surface area (Å²) in [6, 6.07) is 3.19. The van der Waals surface area contributed by atoms with E-state index in [4.69, 9.17) is 4.74 Å². The summed E-state index contributed by atoms with van der Waals surface area (Å²) >= 11 is 0. The Morgan fingerprint density at radius 1 is 0.857 bits per heavy atom. The van der Waals surface area contributed by atoms with E-state index < -0.39 is 53.9 Å². The quantitative estimate of drug-likeness (QED) is 0.205. The van der Waals surface area contributed by atoms with E-state index >= 15 is 0 Å². The topological polar surface area (TPSA) is 56.1 Å². The SMILES string of the molecule is CCCCC(CC)Oc1cc(C)c(C(F)(F)F)cc1CN(Cc1cc(C(F)(F)F)cc(C(F)(F)F)c1)c1nnn(C)n1. The van der Waals surface area contributed by atoms with E-state index in [1.165, 1.54) is 20.0 Å². The first-order chi connectivity index (χ1) is 19.4. The summed E-state index contributed by atoms with van der Waals surface area (Å²) in [5.74, 6) is -0.112. The molecule has 2 aromatic carbocycles. The van der Waals surface area contributed by atoms with Gasteiger partial charge in [-0.2, -0.15) is 44.3 Å². The van der Waals surface area contributed by atoms with Crippen LogP contribution in [0.2, 0.25) is 0 Å². The van der Waals surface area contributed by atoms with Crippen molar-refractivity contribution in [2.75, 3.05) is 4.90 Å². The zero-order valence-electron chi connectivity index (χ0n) is 23.3. The molecule has 1 unspecified atom stereocenters. The van der Waals surface area contributed by atoms with Crippen molar-refractivity contribution >= 4 is 5.95 Å². The van der Waals surface area contributed by atoms with Gasteiger partial charge in [-0.15, -0.1) is 5.10 Å². The van der Waals surface area contributed by atoms with Crippen LogP contribution in [0, 0.1) is 6.92 Å². The largest absolute Gasteiger partial charge is 0.490 e. The van der Waals surface area contributed by atoms with Crippen molar-refractivity contribution in [3.05, 3.63) is 63.7 Å². The van der Waals surface area contributed by atoms with E-state index in [0.717, 1.165) is 28.6 Å². The average molecular weight is 612 g/mol. The Hall–Kier alpha value is -3.52. The van der Waals surface area contributed by atoms with E-state index in [1.807, 2.05) is 13.8 Å². The highest BCUT2D eigenvalue weighted by Gasteiger charge is 2.37. The van der Waals surface area contributed by atoms with Gasteiger partial charge in [0.2, 0.25) is 0 Å². The molecule has 0 spiro atoms. The Balaban J connectivity index is 2.13. The van der Waals surface area contributed by atoms with Crippen molar-refractivity contribution in [2.45, 2.75) is 84.2 Å². The molecule has 0 amide bonds. The molecule has 232 valence electrons. The third kappa shape index (κ3) is 8.51.